The summed E-state index contributed by atoms with van der Waals surface area (Å²) in [6, 6.07) is 11.4. The van der Waals surface area contributed by atoms with Crippen LogP contribution in [0.5, 0.6) is 0 Å². The predicted octanol–water partition coefficient (Wildman–Crippen LogP) is 6.36. The molecule has 2 amide bonds. The molecule has 4 unspecified atom stereocenters. The van der Waals surface area contributed by atoms with Crippen molar-refractivity contribution in [3.63, 3.8) is 0 Å². The zero-order chi connectivity index (χ0) is 30.6. The van der Waals surface area contributed by atoms with Crippen LogP contribution in [0, 0.1) is 11.8 Å². The van der Waals surface area contributed by atoms with Crippen LogP contribution in [0.1, 0.15) is 68.2 Å². The number of rotatable bonds is 7. The molecule has 42 heavy (non-hydrogen) atoms. The van der Waals surface area contributed by atoms with Crippen LogP contribution in [0.15, 0.2) is 72.0 Å². The van der Waals surface area contributed by atoms with E-state index in [0.29, 0.717) is 42.0 Å². The molecule has 1 heterocycles. The summed E-state index contributed by atoms with van der Waals surface area (Å²) >= 11 is 6.01. The first-order valence-electron chi connectivity index (χ1n) is 14.0. The molecule has 4 atom stereocenters. The van der Waals surface area contributed by atoms with Gasteiger partial charge in [-0.3, -0.25) is 14.4 Å². The van der Waals surface area contributed by atoms with Crippen LogP contribution in [-0.2, 0) is 20.6 Å². The second kappa shape index (κ2) is 13.3. The highest BCUT2D eigenvalue weighted by Crippen LogP contribution is 2.34. The fraction of sp³-hybridized carbons (Fsp3) is 0.406. The third-order valence-corrected chi connectivity index (χ3v) is 8.35. The lowest BCUT2D eigenvalue weighted by Gasteiger charge is -2.30. The largest absolute Gasteiger partial charge is 0.416 e. The first-order valence-corrected chi connectivity index (χ1v) is 14.4. The van der Waals surface area contributed by atoms with E-state index in [2.05, 4.69) is 5.32 Å². The molecule has 0 spiro atoms. The summed E-state index contributed by atoms with van der Waals surface area (Å²) < 4.78 is 39.6. The molecule has 224 valence electrons. The lowest BCUT2D eigenvalue weighted by atomic mass is 9.85. The predicted molar refractivity (Wildman–Crippen MR) is 153 cm³/mol. The molecule has 0 aromatic heterocycles. The normalized spacial score (nSPS) is 22.0. The van der Waals surface area contributed by atoms with Crippen LogP contribution in [0.4, 0.5) is 13.2 Å². The second-order valence-electron chi connectivity index (χ2n) is 10.9. The van der Waals surface area contributed by atoms with Gasteiger partial charge in [0, 0.05) is 35.3 Å². The third kappa shape index (κ3) is 7.31. The highest BCUT2D eigenvalue weighted by molar-refractivity contribution is 6.30. The number of hydrogen-bond donors (Lipinski definition) is 2. The molecule has 1 aliphatic heterocycles. The summed E-state index contributed by atoms with van der Waals surface area (Å²) in [5.74, 6) is -2.07. The number of carbonyl (C=O) groups is 3. The highest BCUT2D eigenvalue weighted by atomic mass is 35.5. The average Bonchev–Trinajstić information content (AvgIpc) is 3.19. The van der Waals surface area contributed by atoms with E-state index < -0.39 is 29.7 Å². The van der Waals surface area contributed by atoms with Crippen molar-refractivity contribution in [2.75, 3.05) is 13.1 Å². The number of likely N-dealkylation sites (tertiary alicyclic amines) is 1. The van der Waals surface area contributed by atoms with E-state index in [4.69, 9.17) is 11.6 Å². The van der Waals surface area contributed by atoms with E-state index in [0.717, 1.165) is 23.8 Å². The molecule has 1 aliphatic carbocycles. The number of aliphatic hydroxyl groups is 1. The standard InChI is InChI=1S/C32H34ClF3N2O4/c1-3-20-7-5-15-38(31(42)29(40)23-6-4-8-24(16-23)32(34,35)36)18-27(20)30(41)37-28-14-11-22(17-26(28)19(2)39)21-9-12-25(33)13-10-21/h4,6,8-10,12-14,16-17,20,22,27,29,40H,3,5,7,11,15,18H2,1-2H3,(H,37,41). The minimum absolute atomic E-state index is 0.000998. The molecule has 1 saturated heterocycles. The first-order chi connectivity index (χ1) is 19.9. The summed E-state index contributed by atoms with van der Waals surface area (Å²) in [6.45, 7) is 3.65. The van der Waals surface area contributed by atoms with Crippen molar-refractivity contribution in [2.24, 2.45) is 11.8 Å². The Morgan fingerprint density at radius 3 is 2.50 bits per heavy atom. The zero-order valence-corrected chi connectivity index (χ0v) is 24.2. The van der Waals surface area contributed by atoms with E-state index >= 15 is 0 Å². The minimum Gasteiger partial charge on any atom is -0.378 e. The molecule has 10 heteroatoms. The van der Waals surface area contributed by atoms with Crippen molar-refractivity contribution in [1.82, 2.24) is 10.2 Å². The van der Waals surface area contributed by atoms with Gasteiger partial charge in [-0.05, 0) is 67.5 Å². The number of nitrogens with one attached hydrogen (secondary N) is 1. The zero-order valence-electron chi connectivity index (χ0n) is 23.5. The Bertz CT molecular complexity index is 1390. The van der Waals surface area contributed by atoms with Gasteiger partial charge in [0.15, 0.2) is 11.9 Å². The molecule has 1 fully saturated rings. The molecule has 0 saturated carbocycles. The molecule has 6 nitrogen and oxygen atoms in total. The van der Waals surface area contributed by atoms with Crippen molar-refractivity contribution in [2.45, 2.75) is 57.7 Å². The van der Waals surface area contributed by atoms with E-state index in [1.165, 1.54) is 17.9 Å². The molecule has 0 bridgehead atoms. The average molecular weight is 603 g/mol. The maximum atomic E-state index is 13.7. The van der Waals surface area contributed by atoms with Gasteiger partial charge in [0.1, 0.15) is 0 Å². The lowest BCUT2D eigenvalue weighted by molar-refractivity contribution is -0.143. The quantitative estimate of drug-likeness (QED) is 0.386. The number of allylic oxidation sites excluding steroid dienone is 3. The summed E-state index contributed by atoms with van der Waals surface area (Å²) in [5, 5.41) is 14.3. The van der Waals surface area contributed by atoms with Crippen molar-refractivity contribution < 1.29 is 32.7 Å². The molecule has 2 aliphatic rings. The summed E-state index contributed by atoms with van der Waals surface area (Å²) in [7, 11) is 0. The number of benzene rings is 2. The third-order valence-electron chi connectivity index (χ3n) is 8.09. The number of hydrogen-bond acceptors (Lipinski definition) is 4. The van der Waals surface area contributed by atoms with E-state index in [9.17, 15) is 32.7 Å². The van der Waals surface area contributed by atoms with Crippen molar-refractivity contribution in [1.29, 1.82) is 0 Å². The second-order valence-corrected chi connectivity index (χ2v) is 11.3. The molecule has 0 radical (unpaired) electrons. The number of alkyl halides is 3. The van der Waals surface area contributed by atoms with Gasteiger partial charge in [-0.2, -0.15) is 13.2 Å². The van der Waals surface area contributed by atoms with Crippen LogP contribution in [0.3, 0.4) is 0 Å². The maximum absolute atomic E-state index is 13.7. The Morgan fingerprint density at radius 1 is 1.14 bits per heavy atom. The van der Waals surface area contributed by atoms with E-state index in [-0.39, 0.29) is 42.2 Å². The molecule has 2 aromatic rings. The SMILES string of the molecule is CCC1CCCN(C(=O)C(O)c2cccc(C(F)(F)F)c2)CC1C(=O)NC1=CCC(c2ccc(Cl)cc2)C=C1C(C)=O. The number of carbonyl (C=O) groups excluding carboxylic acids is 3. The number of nitrogens with zero attached hydrogens (tertiary/aromatic N) is 1. The lowest BCUT2D eigenvalue weighted by Crippen LogP contribution is -2.44. The van der Waals surface area contributed by atoms with Crippen LogP contribution in [0.25, 0.3) is 0 Å². The Balaban J connectivity index is 1.51. The Kier molecular flexibility index (Phi) is 9.94. The van der Waals surface area contributed by atoms with Crippen molar-refractivity contribution in [3.05, 3.63) is 93.7 Å². The van der Waals surface area contributed by atoms with Gasteiger partial charge >= 0.3 is 6.18 Å². The number of Topliss-reactive ketones (excluding diaryl/α,β-unsaturated/α-hetero) is 1. The Hall–Kier alpha value is -3.43. The monoisotopic (exact) mass is 602 g/mol. The van der Waals surface area contributed by atoms with Crippen molar-refractivity contribution >= 4 is 29.2 Å². The fourth-order valence-corrected chi connectivity index (χ4v) is 5.84. The number of halogens is 4. The van der Waals surface area contributed by atoms with Crippen LogP contribution in [0.2, 0.25) is 5.02 Å². The van der Waals surface area contributed by atoms with Gasteiger partial charge in [-0.1, -0.05) is 61.4 Å². The van der Waals surface area contributed by atoms with Crippen molar-refractivity contribution in [3.8, 4) is 0 Å². The van der Waals surface area contributed by atoms with Crippen LogP contribution < -0.4 is 5.32 Å². The molecular weight excluding hydrogens is 569 g/mol. The summed E-state index contributed by atoms with van der Waals surface area (Å²) in [4.78, 5) is 40.9. The van der Waals surface area contributed by atoms with Gasteiger partial charge in [0.05, 0.1) is 11.5 Å². The molecular formula is C32H34ClF3N2O4. The maximum Gasteiger partial charge on any atom is 0.416 e. The van der Waals surface area contributed by atoms with E-state index in [1.54, 1.807) is 12.1 Å². The van der Waals surface area contributed by atoms with Gasteiger partial charge in [-0.25, -0.2) is 0 Å². The summed E-state index contributed by atoms with van der Waals surface area (Å²) in [6.07, 6.45) is -0.286. The number of amides is 2. The number of ketones is 1. The van der Waals surface area contributed by atoms with Gasteiger partial charge in [0.25, 0.3) is 5.91 Å². The van der Waals surface area contributed by atoms with Crippen LogP contribution in [-0.4, -0.2) is 40.7 Å². The van der Waals surface area contributed by atoms with Gasteiger partial charge in [0.2, 0.25) is 5.91 Å². The molecule has 2 N–H and O–H groups in total. The Labute approximate surface area is 248 Å². The summed E-state index contributed by atoms with van der Waals surface area (Å²) in [5.41, 5.74) is 0.677. The molecule has 4 rings (SSSR count). The Morgan fingerprint density at radius 2 is 1.86 bits per heavy atom. The van der Waals surface area contributed by atoms with Gasteiger partial charge in [-0.15, -0.1) is 0 Å². The molecule has 2 aromatic carbocycles. The van der Waals surface area contributed by atoms with Crippen LogP contribution >= 0.6 is 11.6 Å². The first kappa shape index (κ1) is 31.5. The number of aliphatic hydroxyl groups excluding tert-OH is 1. The fourth-order valence-electron chi connectivity index (χ4n) is 5.72. The van der Waals surface area contributed by atoms with Gasteiger partial charge < -0.3 is 15.3 Å². The topological polar surface area (TPSA) is 86.7 Å². The van der Waals surface area contributed by atoms with E-state index in [1.807, 2.05) is 31.2 Å². The highest BCUT2D eigenvalue weighted by Gasteiger charge is 2.37. The smallest absolute Gasteiger partial charge is 0.378 e. The minimum atomic E-state index is -4.62.